The van der Waals surface area contributed by atoms with E-state index in [1.54, 1.807) is 0 Å². The lowest BCUT2D eigenvalue weighted by Gasteiger charge is -2.23. The van der Waals surface area contributed by atoms with Crippen molar-refractivity contribution in [1.82, 2.24) is 5.32 Å². The van der Waals surface area contributed by atoms with Crippen molar-refractivity contribution in [2.45, 2.75) is 18.9 Å². The lowest BCUT2D eigenvalue weighted by Crippen LogP contribution is -2.40. The van der Waals surface area contributed by atoms with Crippen LogP contribution in [0.3, 0.4) is 0 Å². The highest BCUT2D eigenvalue weighted by atomic mass is 16.5. The van der Waals surface area contributed by atoms with Crippen LogP contribution in [0.2, 0.25) is 0 Å². The summed E-state index contributed by atoms with van der Waals surface area (Å²) in [4.78, 5) is 11.7. The van der Waals surface area contributed by atoms with E-state index in [2.05, 4.69) is 5.32 Å². The van der Waals surface area contributed by atoms with Crippen LogP contribution in [-0.2, 0) is 4.74 Å². The van der Waals surface area contributed by atoms with Crippen LogP contribution in [0, 0.1) is 0 Å². The number of hydrogen-bond acceptors (Lipinski definition) is 2. The molecule has 1 N–H and O–H groups in total. The molecule has 1 saturated heterocycles. The third-order valence-electron chi connectivity index (χ3n) is 2.53. The van der Waals surface area contributed by atoms with Crippen molar-refractivity contribution < 1.29 is 9.53 Å². The average Bonchev–Trinajstić information content (AvgIpc) is 2.31. The standard InChI is InChI=1S/C12H15NO2/c14-12(10-5-2-1-3-6-10)13-11-7-4-8-15-9-11/h1-3,5-6,11H,4,7-9H2,(H,13,14)/t11-/m0/s1. The Morgan fingerprint density at radius 2 is 2.13 bits per heavy atom. The molecule has 80 valence electrons. The van der Waals surface area contributed by atoms with E-state index in [4.69, 9.17) is 4.74 Å². The highest BCUT2D eigenvalue weighted by Gasteiger charge is 2.16. The molecule has 1 aromatic rings. The summed E-state index contributed by atoms with van der Waals surface area (Å²) in [6.07, 6.45) is 2.04. The van der Waals surface area contributed by atoms with Gasteiger partial charge in [0.2, 0.25) is 0 Å². The molecule has 0 radical (unpaired) electrons. The molecule has 1 fully saturated rings. The van der Waals surface area contributed by atoms with Crippen LogP contribution in [0.25, 0.3) is 0 Å². The largest absolute Gasteiger partial charge is 0.379 e. The van der Waals surface area contributed by atoms with Crippen molar-refractivity contribution in [1.29, 1.82) is 0 Å². The maximum absolute atomic E-state index is 11.7. The lowest BCUT2D eigenvalue weighted by atomic mass is 10.1. The second-order valence-corrected chi connectivity index (χ2v) is 3.75. The summed E-state index contributed by atoms with van der Waals surface area (Å²) in [7, 11) is 0. The fourth-order valence-electron chi connectivity index (χ4n) is 1.71. The van der Waals surface area contributed by atoms with Crippen molar-refractivity contribution in [2.24, 2.45) is 0 Å². The van der Waals surface area contributed by atoms with Crippen molar-refractivity contribution in [2.75, 3.05) is 13.2 Å². The van der Waals surface area contributed by atoms with Crippen LogP contribution in [0.15, 0.2) is 30.3 Å². The average molecular weight is 205 g/mol. The van der Waals surface area contributed by atoms with Gasteiger partial charge in [-0.2, -0.15) is 0 Å². The number of amides is 1. The molecule has 1 aromatic carbocycles. The zero-order valence-electron chi connectivity index (χ0n) is 8.61. The Bertz CT molecular complexity index is 318. The first-order valence-corrected chi connectivity index (χ1v) is 5.30. The normalized spacial score (nSPS) is 20.9. The number of carbonyl (C=O) groups is 1. The zero-order valence-corrected chi connectivity index (χ0v) is 8.61. The van der Waals surface area contributed by atoms with E-state index in [0.717, 1.165) is 19.4 Å². The number of nitrogens with one attached hydrogen (secondary N) is 1. The Hall–Kier alpha value is -1.35. The first-order valence-electron chi connectivity index (χ1n) is 5.30. The molecule has 0 bridgehead atoms. The third kappa shape index (κ3) is 2.80. The molecule has 3 heteroatoms. The van der Waals surface area contributed by atoms with Gasteiger partial charge < -0.3 is 10.1 Å². The smallest absolute Gasteiger partial charge is 0.251 e. The Labute approximate surface area is 89.4 Å². The summed E-state index contributed by atoms with van der Waals surface area (Å²) < 4.78 is 5.30. The second kappa shape index (κ2) is 4.94. The second-order valence-electron chi connectivity index (χ2n) is 3.75. The minimum absolute atomic E-state index is 0.00824. The topological polar surface area (TPSA) is 38.3 Å². The van der Waals surface area contributed by atoms with E-state index in [-0.39, 0.29) is 11.9 Å². The van der Waals surface area contributed by atoms with Gasteiger partial charge in [0.05, 0.1) is 12.6 Å². The predicted octanol–water partition coefficient (Wildman–Crippen LogP) is 1.60. The molecule has 1 atom stereocenters. The van der Waals surface area contributed by atoms with Crippen LogP contribution >= 0.6 is 0 Å². The zero-order chi connectivity index (χ0) is 10.5. The molecular weight excluding hydrogens is 190 g/mol. The quantitative estimate of drug-likeness (QED) is 0.796. The van der Waals surface area contributed by atoms with Gasteiger partial charge in [-0.1, -0.05) is 18.2 Å². The Morgan fingerprint density at radius 3 is 2.80 bits per heavy atom. The van der Waals surface area contributed by atoms with E-state index in [1.807, 2.05) is 30.3 Å². The van der Waals surface area contributed by atoms with Gasteiger partial charge in [-0.3, -0.25) is 4.79 Å². The molecule has 3 nitrogen and oxygen atoms in total. The molecule has 1 heterocycles. The first-order chi connectivity index (χ1) is 7.36. The van der Waals surface area contributed by atoms with Crippen LogP contribution in [-0.4, -0.2) is 25.2 Å². The summed E-state index contributed by atoms with van der Waals surface area (Å²) in [5.41, 5.74) is 0.711. The highest BCUT2D eigenvalue weighted by Crippen LogP contribution is 2.07. The van der Waals surface area contributed by atoms with Gasteiger partial charge in [0.15, 0.2) is 0 Å². The van der Waals surface area contributed by atoms with E-state index < -0.39 is 0 Å². The summed E-state index contributed by atoms with van der Waals surface area (Å²) >= 11 is 0. The summed E-state index contributed by atoms with van der Waals surface area (Å²) in [6.45, 7) is 1.45. The molecule has 1 aliphatic rings. The van der Waals surface area contributed by atoms with E-state index in [9.17, 15) is 4.79 Å². The Kier molecular flexibility index (Phi) is 3.35. The van der Waals surface area contributed by atoms with Crippen LogP contribution < -0.4 is 5.32 Å². The molecule has 0 aromatic heterocycles. The third-order valence-corrected chi connectivity index (χ3v) is 2.53. The maximum atomic E-state index is 11.7. The molecule has 2 rings (SSSR count). The van der Waals surface area contributed by atoms with Gasteiger partial charge in [-0.25, -0.2) is 0 Å². The van der Waals surface area contributed by atoms with E-state index in [0.29, 0.717) is 12.2 Å². The molecule has 0 unspecified atom stereocenters. The fraction of sp³-hybridized carbons (Fsp3) is 0.417. The molecule has 15 heavy (non-hydrogen) atoms. The lowest BCUT2D eigenvalue weighted by molar-refractivity contribution is 0.0624. The number of benzene rings is 1. The summed E-state index contributed by atoms with van der Waals surface area (Å²) in [5.74, 6) is -0.00824. The maximum Gasteiger partial charge on any atom is 0.251 e. The molecule has 0 saturated carbocycles. The summed E-state index contributed by atoms with van der Waals surface area (Å²) in [6, 6.07) is 9.45. The minimum Gasteiger partial charge on any atom is -0.379 e. The number of ether oxygens (including phenoxy) is 1. The predicted molar refractivity (Wildman–Crippen MR) is 57.7 cm³/mol. The van der Waals surface area contributed by atoms with Gasteiger partial charge in [0.25, 0.3) is 5.91 Å². The SMILES string of the molecule is O=C(N[C@H]1CCCOC1)c1ccccc1. The highest BCUT2D eigenvalue weighted by molar-refractivity contribution is 5.94. The monoisotopic (exact) mass is 205 g/mol. The van der Waals surface area contributed by atoms with Crippen molar-refractivity contribution in [3.63, 3.8) is 0 Å². The van der Waals surface area contributed by atoms with Crippen molar-refractivity contribution >= 4 is 5.91 Å². The van der Waals surface area contributed by atoms with Crippen molar-refractivity contribution in [3.05, 3.63) is 35.9 Å². The number of rotatable bonds is 2. The minimum atomic E-state index is -0.00824. The molecular formula is C12H15NO2. The molecule has 1 amide bonds. The fourth-order valence-corrected chi connectivity index (χ4v) is 1.71. The van der Waals surface area contributed by atoms with Gasteiger partial charge in [0.1, 0.15) is 0 Å². The van der Waals surface area contributed by atoms with E-state index in [1.165, 1.54) is 0 Å². The Morgan fingerprint density at radius 1 is 1.33 bits per heavy atom. The van der Waals surface area contributed by atoms with E-state index >= 15 is 0 Å². The molecule has 0 aliphatic carbocycles. The van der Waals surface area contributed by atoms with Crippen LogP contribution in [0.1, 0.15) is 23.2 Å². The molecule has 1 aliphatic heterocycles. The molecule has 0 spiro atoms. The Balaban J connectivity index is 1.91. The van der Waals surface area contributed by atoms with Gasteiger partial charge in [0, 0.05) is 12.2 Å². The summed E-state index contributed by atoms with van der Waals surface area (Å²) in [5, 5.41) is 2.97. The van der Waals surface area contributed by atoms with Crippen LogP contribution in [0.4, 0.5) is 0 Å². The van der Waals surface area contributed by atoms with Gasteiger partial charge in [-0.15, -0.1) is 0 Å². The van der Waals surface area contributed by atoms with Crippen LogP contribution in [0.5, 0.6) is 0 Å². The first kappa shape index (κ1) is 10.2. The van der Waals surface area contributed by atoms with Gasteiger partial charge >= 0.3 is 0 Å². The van der Waals surface area contributed by atoms with Crippen molar-refractivity contribution in [3.8, 4) is 0 Å². The van der Waals surface area contributed by atoms with Gasteiger partial charge in [-0.05, 0) is 25.0 Å². The number of hydrogen-bond donors (Lipinski definition) is 1. The number of carbonyl (C=O) groups excluding carboxylic acids is 1.